The summed E-state index contributed by atoms with van der Waals surface area (Å²) in [5, 5.41) is 4.14. The van der Waals surface area contributed by atoms with E-state index >= 15 is 0 Å². The van der Waals surface area contributed by atoms with Crippen LogP contribution in [0, 0.1) is 0 Å². The van der Waals surface area contributed by atoms with Gasteiger partial charge in [0, 0.05) is 16.1 Å². The van der Waals surface area contributed by atoms with Crippen LogP contribution in [-0.2, 0) is 29.2 Å². The highest BCUT2D eigenvalue weighted by Gasteiger charge is 2.48. The van der Waals surface area contributed by atoms with E-state index in [4.69, 9.17) is 11.6 Å². The maximum atomic E-state index is 12.5. The fourth-order valence-corrected chi connectivity index (χ4v) is 2.67. The highest BCUT2D eigenvalue weighted by molar-refractivity contribution is 7.88. The Labute approximate surface area is 183 Å². The van der Waals surface area contributed by atoms with E-state index in [1.807, 2.05) is 5.43 Å². The predicted octanol–water partition coefficient (Wildman–Crippen LogP) is 2.18. The molecule has 0 unspecified atom stereocenters. The number of Topliss-reactive ketones (excluding diaryl/α,β-unsaturated/α-hetero) is 1. The summed E-state index contributed by atoms with van der Waals surface area (Å²) in [6.45, 7) is 0. The summed E-state index contributed by atoms with van der Waals surface area (Å²) in [7, 11) is -4.96. The van der Waals surface area contributed by atoms with Crippen molar-refractivity contribution in [3.05, 3.63) is 64.7 Å². The molecule has 0 bridgehead atoms. The molecule has 2 aromatic rings. The summed E-state index contributed by atoms with van der Waals surface area (Å²) in [6.07, 6.45) is 0. The molecule has 2 rings (SSSR count). The SMILES string of the molecule is COC(=O)C(=O)C(=O)NN=C(c1ccc(Cl)cc1)c1ccc(OS(=O)(=O)C(F)(F)F)cc1. The van der Waals surface area contributed by atoms with Crippen molar-refractivity contribution in [2.45, 2.75) is 5.51 Å². The Hall–Kier alpha value is -3.45. The quantitative estimate of drug-likeness (QED) is 0.119. The lowest BCUT2D eigenvalue weighted by atomic mass is 10.0. The molecule has 1 N–H and O–H groups in total. The Morgan fingerprint density at radius 3 is 1.94 bits per heavy atom. The summed E-state index contributed by atoms with van der Waals surface area (Å²) < 4.78 is 67.8. The number of methoxy groups -OCH3 is 1. The predicted molar refractivity (Wildman–Crippen MR) is 104 cm³/mol. The van der Waals surface area contributed by atoms with E-state index in [0.717, 1.165) is 31.4 Å². The number of ketones is 1. The number of amides is 1. The van der Waals surface area contributed by atoms with Gasteiger partial charge in [0.1, 0.15) is 5.75 Å². The van der Waals surface area contributed by atoms with Gasteiger partial charge in [-0.25, -0.2) is 10.2 Å². The fourth-order valence-electron chi connectivity index (χ4n) is 2.09. The van der Waals surface area contributed by atoms with E-state index in [2.05, 4.69) is 14.0 Å². The van der Waals surface area contributed by atoms with Crippen LogP contribution in [0.5, 0.6) is 5.75 Å². The lowest BCUT2D eigenvalue weighted by Gasteiger charge is -2.11. The zero-order chi connectivity index (χ0) is 24.1. The van der Waals surface area contributed by atoms with Gasteiger partial charge >= 0.3 is 33.3 Å². The van der Waals surface area contributed by atoms with Crippen molar-refractivity contribution >= 4 is 45.1 Å². The van der Waals surface area contributed by atoms with Crippen LogP contribution in [0.15, 0.2) is 53.6 Å². The Kier molecular flexibility index (Phi) is 7.59. The van der Waals surface area contributed by atoms with Crippen LogP contribution in [-0.4, -0.2) is 44.4 Å². The molecule has 9 nitrogen and oxygen atoms in total. The first-order chi connectivity index (χ1) is 14.9. The van der Waals surface area contributed by atoms with Gasteiger partial charge in [-0.15, -0.1) is 0 Å². The second-order valence-corrected chi connectivity index (χ2v) is 7.71. The van der Waals surface area contributed by atoms with Crippen LogP contribution in [0.1, 0.15) is 11.1 Å². The minimum Gasteiger partial charge on any atom is -0.463 e. The highest BCUT2D eigenvalue weighted by atomic mass is 35.5. The zero-order valence-electron chi connectivity index (χ0n) is 15.8. The molecule has 0 fully saturated rings. The molecular formula is C18H12ClF3N2O7S. The van der Waals surface area contributed by atoms with Crippen LogP contribution in [0.3, 0.4) is 0 Å². The van der Waals surface area contributed by atoms with Gasteiger partial charge in [-0.3, -0.25) is 9.59 Å². The fraction of sp³-hybridized carbons (Fsp3) is 0.111. The van der Waals surface area contributed by atoms with Crippen molar-refractivity contribution in [2.24, 2.45) is 5.10 Å². The number of carbonyl (C=O) groups excluding carboxylic acids is 3. The number of esters is 1. The molecule has 32 heavy (non-hydrogen) atoms. The van der Waals surface area contributed by atoms with E-state index in [1.54, 1.807) is 0 Å². The van der Waals surface area contributed by atoms with Gasteiger partial charge in [-0.1, -0.05) is 23.7 Å². The molecule has 0 aliphatic carbocycles. The molecule has 0 aliphatic rings. The summed E-state index contributed by atoms with van der Waals surface area (Å²) in [6, 6.07) is 10.1. The molecule has 14 heteroatoms. The second kappa shape index (κ2) is 9.78. The molecule has 0 saturated carbocycles. The first kappa shape index (κ1) is 24.8. The molecule has 0 spiro atoms. The Morgan fingerprint density at radius 2 is 1.47 bits per heavy atom. The monoisotopic (exact) mass is 492 g/mol. The van der Waals surface area contributed by atoms with Gasteiger partial charge in [0.05, 0.1) is 12.8 Å². The van der Waals surface area contributed by atoms with Gasteiger partial charge in [-0.05, 0) is 36.4 Å². The Bertz CT molecular complexity index is 1160. The van der Waals surface area contributed by atoms with Gasteiger partial charge in [-0.2, -0.15) is 26.7 Å². The minimum atomic E-state index is -5.87. The summed E-state index contributed by atoms with van der Waals surface area (Å²) in [5.41, 5.74) is -3.22. The van der Waals surface area contributed by atoms with Crippen molar-refractivity contribution in [3.8, 4) is 5.75 Å². The molecule has 2 aromatic carbocycles. The normalized spacial score (nSPS) is 12.1. The third-order valence-corrected chi connectivity index (χ3v) is 4.81. The van der Waals surface area contributed by atoms with E-state index in [0.29, 0.717) is 10.6 Å². The molecule has 0 saturated heterocycles. The second-order valence-electron chi connectivity index (χ2n) is 5.74. The smallest absolute Gasteiger partial charge is 0.463 e. The largest absolute Gasteiger partial charge is 0.534 e. The number of benzene rings is 2. The highest BCUT2D eigenvalue weighted by Crippen LogP contribution is 2.27. The van der Waals surface area contributed by atoms with Crippen LogP contribution >= 0.6 is 11.6 Å². The number of hydrogen-bond donors (Lipinski definition) is 1. The standard InChI is InChI=1S/C18H12ClF3N2O7S/c1-30-17(27)15(25)16(26)24-23-14(10-2-6-12(19)7-3-10)11-4-8-13(9-5-11)31-32(28,29)18(20,21)22/h2-9H,1H3,(H,24,26). The third kappa shape index (κ3) is 6.04. The number of carbonyl (C=O) groups is 3. The number of hydrogen-bond acceptors (Lipinski definition) is 8. The van der Waals surface area contributed by atoms with Gasteiger partial charge in [0.2, 0.25) is 0 Å². The van der Waals surface area contributed by atoms with Crippen molar-refractivity contribution in [1.29, 1.82) is 0 Å². The summed E-state index contributed by atoms with van der Waals surface area (Å²) in [5.74, 6) is -4.98. The molecule has 0 aliphatic heterocycles. The maximum Gasteiger partial charge on any atom is 0.534 e. The number of ether oxygens (including phenoxy) is 1. The molecular weight excluding hydrogens is 481 g/mol. The number of hydrazone groups is 1. The van der Waals surface area contributed by atoms with E-state index in [-0.39, 0.29) is 11.3 Å². The van der Waals surface area contributed by atoms with Gasteiger partial charge in [0.15, 0.2) is 0 Å². The number of nitrogens with one attached hydrogen (secondary N) is 1. The first-order valence-electron chi connectivity index (χ1n) is 8.23. The van der Waals surface area contributed by atoms with Crippen molar-refractivity contribution in [2.75, 3.05) is 7.11 Å². The van der Waals surface area contributed by atoms with E-state index < -0.39 is 39.0 Å². The molecule has 0 atom stereocenters. The summed E-state index contributed by atoms with van der Waals surface area (Å²) >= 11 is 5.83. The lowest BCUT2D eigenvalue weighted by molar-refractivity contribution is -0.155. The first-order valence-corrected chi connectivity index (χ1v) is 10.0. The van der Waals surface area contributed by atoms with Gasteiger partial charge in [0.25, 0.3) is 0 Å². The summed E-state index contributed by atoms with van der Waals surface area (Å²) in [4.78, 5) is 34.5. The lowest BCUT2D eigenvalue weighted by Crippen LogP contribution is -2.34. The number of nitrogens with zero attached hydrogens (tertiary/aromatic N) is 1. The van der Waals surface area contributed by atoms with Crippen LogP contribution < -0.4 is 9.61 Å². The molecule has 0 aromatic heterocycles. The Morgan fingerprint density at radius 1 is 0.969 bits per heavy atom. The van der Waals surface area contributed by atoms with Crippen molar-refractivity contribution in [3.63, 3.8) is 0 Å². The van der Waals surface area contributed by atoms with Crippen LogP contribution in [0.25, 0.3) is 0 Å². The average molecular weight is 493 g/mol. The van der Waals surface area contributed by atoms with Crippen molar-refractivity contribution in [1.82, 2.24) is 5.43 Å². The third-order valence-electron chi connectivity index (χ3n) is 3.58. The minimum absolute atomic E-state index is 0.00193. The number of halogens is 4. The number of rotatable bonds is 7. The van der Waals surface area contributed by atoms with Gasteiger partial charge < -0.3 is 8.92 Å². The zero-order valence-corrected chi connectivity index (χ0v) is 17.4. The molecule has 0 heterocycles. The Balaban J connectivity index is 2.38. The van der Waals surface area contributed by atoms with Crippen LogP contribution in [0.4, 0.5) is 13.2 Å². The molecule has 1 amide bonds. The molecule has 170 valence electrons. The molecule has 0 radical (unpaired) electrons. The average Bonchev–Trinajstić information content (AvgIpc) is 2.73. The topological polar surface area (TPSA) is 128 Å². The number of alkyl halides is 3. The van der Waals surface area contributed by atoms with Crippen molar-refractivity contribution < 1.29 is 44.9 Å². The maximum absolute atomic E-state index is 12.5. The van der Waals surface area contributed by atoms with E-state index in [1.165, 1.54) is 24.3 Å². The van der Waals surface area contributed by atoms with Crippen LogP contribution in [0.2, 0.25) is 5.02 Å². The van der Waals surface area contributed by atoms with E-state index in [9.17, 15) is 36.0 Å².